The first kappa shape index (κ1) is 15.2. The van der Waals surface area contributed by atoms with Crippen LogP contribution in [0.1, 0.15) is 41.4 Å². The van der Waals surface area contributed by atoms with E-state index in [9.17, 15) is 19.5 Å². The molecule has 1 aliphatic heterocycles. The van der Waals surface area contributed by atoms with Crippen molar-refractivity contribution in [1.82, 2.24) is 15.1 Å². The second-order valence-corrected chi connectivity index (χ2v) is 5.62. The molecule has 0 aliphatic carbocycles. The van der Waals surface area contributed by atoms with Crippen LogP contribution in [0, 0.1) is 19.8 Å². The lowest BCUT2D eigenvalue weighted by molar-refractivity contribution is -0.144. The largest absolute Gasteiger partial charge is 0.480 e. The van der Waals surface area contributed by atoms with Gasteiger partial charge in [0.25, 0.3) is 11.5 Å². The summed E-state index contributed by atoms with van der Waals surface area (Å²) in [5, 5.41) is 15.4. The highest BCUT2D eigenvalue weighted by atomic mass is 16.4. The molecule has 0 radical (unpaired) electrons. The summed E-state index contributed by atoms with van der Waals surface area (Å²) in [6.45, 7) is 5.64. The van der Waals surface area contributed by atoms with Gasteiger partial charge in [-0.05, 0) is 38.2 Å². The zero-order valence-electron chi connectivity index (χ0n) is 12.3. The maximum absolute atomic E-state index is 12.6. The number of aromatic nitrogens is 2. The second kappa shape index (κ2) is 5.67. The molecule has 1 aromatic heterocycles. The molecular formula is C14H19N3O4. The van der Waals surface area contributed by atoms with Crippen molar-refractivity contribution >= 4 is 11.9 Å². The number of nitrogens with one attached hydrogen (secondary N) is 1. The Morgan fingerprint density at radius 3 is 2.67 bits per heavy atom. The minimum Gasteiger partial charge on any atom is -0.480 e. The van der Waals surface area contributed by atoms with Gasteiger partial charge in [0.2, 0.25) is 0 Å². The van der Waals surface area contributed by atoms with Crippen molar-refractivity contribution in [2.45, 2.75) is 39.7 Å². The Balaban J connectivity index is 2.41. The van der Waals surface area contributed by atoms with Gasteiger partial charge in [0.05, 0.1) is 5.69 Å². The summed E-state index contributed by atoms with van der Waals surface area (Å²) in [6, 6.07) is -0.881. The van der Waals surface area contributed by atoms with E-state index >= 15 is 0 Å². The average Bonchev–Trinajstić information content (AvgIpc) is 2.43. The van der Waals surface area contributed by atoms with Crippen LogP contribution in [0.2, 0.25) is 0 Å². The number of hydrogen-bond acceptors (Lipinski definition) is 4. The molecule has 1 saturated heterocycles. The Morgan fingerprint density at radius 2 is 2.05 bits per heavy atom. The summed E-state index contributed by atoms with van der Waals surface area (Å²) in [4.78, 5) is 37.2. The molecule has 2 N–H and O–H groups in total. The van der Waals surface area contributed by atoms with E-state index in [0.717, 1.165) is 6.42 Å². The molecular weight excluding hydrogens is 274 g/mol. The van der Waals surface area contributed by atoms with Crippen LogP contribution in [0.15, 0.2) is 4.79 Å². The van der Waals surface area contributed by atoms with E-state index in [-0.39, 0.29) is 11.5 Å². The molecule has 1 aliphatic rings. The first-order valence-corrected chi connectivity index (χ1v) is 6.92. The van der Waals surface area contributed by atoms with E-state index in [4.69, 9.17) is 0 Å². The van der Waals surface area contributed by atoms with Gasteiger partial charge in [-0.15, -0.1) is 0 Å². The summed E-state index contributed by atoms with van der Waals surface area (Å²) in [7, 11) is 0. The summed E-state index contributed by atoms with van der Waals surface area (Å²) < 4.78 is 0. The van der Waals surface area contributed by atoms with E-state index < -0.39 is 23.5 Å². The fraction of sp³-hybridized carbons (Fsp3) is 0.571. The van der Waals surface area contributed by atoms with Gasteiger partial charge in [-0.1, -0.05) is 6.92 Å². The normalized spacial score (nSPS) is 22.1. The molecule has 0 bridgehead atoms. The maximum Gasteiger partial charge on any atom is 0.326 e. The standard InChI is InChI=1S/C14H19N3O4/c1-7-4-5-17(10(6-7)14(20)21)13(19)11-8(2)9(3)15-16-12(11)18/h7,10H,4-6H2,1-3H3,(H,16,18)(H,20,21). The van der Waals surface area contributed by atoms with Gasteiger partial charge in [0, 0.05) is 6.54 Å². The monoisotopic (exact) mass is 293 g/mol. The van der Waals surface area contributed by atoms with Crippen LogP contribution in [0.4, 0.5) is 0 Å². The van der Waals surface area contributed by atoms with Crippen LogP contribution in [-0.4, -0.2) is 44.7 Å². The van der Waals surface area contributed by atoms with Gasteiger partial charge in [0.1, 0.15) is 11.6 Å². The Bertz CT molecular complexity index is 638. The first-order valence-electron chi connectivity index (χ1n) is 6.92. The zero-order valence-corrected chi connectivity index (χ0v) is 12.3. The molecule has 0 spiro atoms. The third-order valence-electron chi connectivity index (χ3n) is 4.09. The fourth-order valence-electron chi connectivity index (χ4n) is 2.65. The van der Waals surface area contributed by atoms with Gasteiger partial charge in [-0.3, -0.25) is 9.59 Å². The van der Waals surface area contributed by atoms with Crippen molar-refractivity contribution in [3.8, 4) is 0 Å². The quantitative estimate of drug-likeness (QED) is 0.836. The first-order chi connectivity index (χ1) is 9.82. The summed E-state index contributed by atoms with van der Waals surface area (Å²) in [5.74, 6) is -1.32. The molecule has 0 saturated carbocycles. The van der Waals surface area contributed by atoms with Crippen LogP contribution < -0.4 is 5.56 Å². The van der Waals surface area contributed by atoms with E-state index in [0.29, 0.717) is 24.2 Å². The van der Waals surface area contributed by atoms with E-state index in [1.165, 1.54) is 4.90 Å². The molecule has 7 nitrogen and oxygen atoms in total. The fourth-order valence-corrected chi connectivity index (χ4v) is 2.65. The van der Waals surface area contributed by atoms with Crippen molar-refractivity contribution in [3.05, 3.63) is 27.2 Å². The summed E-state index contributed by atoms with van der Waals surface area (Å²) >= 11 is 0. The highest BCUT2D eigenvalue weighted by Crippen LogP contribution is 2.24. The van der Waals surface area contributed by atoms with Crippen LogP contribution in [0.25, 0.3) is 0 Å². The molecule has 2 rings (SSSR count). The zero-order chi connectivity index (χ0) is 15.7. The molecule has 1 fully saturated rings. The average molecular weight is 293 g/mol. The molecule has 2 unspecified atom stereocenters. The number of piperidine rings is 1. The number of carboxylic acids is 1. The Labute approximate surface area is 122 Å². The van der Waals surface area contributed by atoms with Gasteiger partial charge in [-0.2, -0.15) is 5.10 Å². The van der Waals surface area contributed by atoms with Crippen molar-refractivity contribution < 1.29 is 14.7 Å². The second-order valence-electron chi connectivity index (χ2n) is 5.62. The minimum atomic E-state index is -1.03. The lowest BCUT2D eigenvalue weighted by atomic mass is 9.91. The molecule has 2 atom stereocenters. The van der Waals surface area contributed by atoms with Crippen molar-refractivity contribution in [2.24, 2.45) is 5.92 Å². The molecule has 21 heavy (non-hydrogen) atoms. The number of aryl methyl sites for hydroxylation is 1. The number of aromatic amines is 1. The number of carbonyl (C=O) groups excluding carboxylic acids is 1. The van der Waals surface area contributed by atoms with Gasteiger partial charge >= 0.3 is 5.97 Å². The van der Waals surface area contributed by atoms with Gasteiger partial charge in [0.15, 0.2) is 0 Å². The topological polar surface area (TPSA) is 103 Å². The summed E-state index contributed by atoms with van der Waals surface area (Å²) in [5.41, 5.74) is 0.455. The van der Waals surface area contributed by atoms with Gasteiger partial charge < -0.3 is 10.0 Å². The number of carbonyl (C=O) groups is 2. The van der Waals surface area contributed by atoms with E-state index in [1.807, 2.05) is 6.92 Å². The van der Waals surface area contributed by atoms with Crippen LogP contribution in [0.3, 0.4) is 0 Å². The van der Waals surface area contributed by atoms with Crippen molar-refractivity contribution in [3.63, 3.8) is 0 Å². The van der Waals surface area contributed by atoms with Crippen LogP contribution >= 0.6 is 0 Å². The number of aliphatic carboxylic acids is 1. The predicted molar refractivity (Wildman–Crippen MR) is 75.2 cm³/mol. The highest BCUT2D eigenvalue weighted by molar-refractivity contribution is 5.97. The van der Waals surface area contributed by atoms with Gasteiger partial charge in [-0.25, -0.2) is 9.89 Å². The molecule has 1 amide bonds. The maximum atomic E-state index is 12.6. The lowest BCUT2D eigenvalue weighted by Gasteiger charge is -2.36. The van der Waals surface area contributed by atoms with Crippen LogP contribution in [0.5, 0.6) is 0 Å². The van der Waals surface area contributed by atoms with Crippen LogP contribution in [-0.2, 0) is 4.79 Å². The van der Waals surface area contributed by atoms with E-state index in [2.05, 4.69) is 10.2 Å². The minimum absolute atomic E-state index is 0.0108. The lowest BCUT2D eigenvalue weighted by Crippen LogP contribution is -2.51. The number of hydrogen-bond donors (Lipinski definition) is 2. The predicted octanol–water partition coefficient (Wildman–Crippen LogP) is 0.712. The number of amides is 1. The summed E-state index contributed by atoms with van der Waals surface area (Å²) in [6.07, 6.45) is 1.14. The number of nitrogens with zero attached hydrogens (tertiary/aromatic N) is 2. The third-order valence-corrected chi connectivity index (χ3v) is 4.09. The van der Waals surface area contributed by atoms with Crippen molar-refractivity contribution in [2.75, 3.05) is 6.54 Å². The third kappa shape index (κ3) is 2.81. The number of carboxylic acid groups (broad SMARTS) is 1. The molecule has 7 heteroatoms. The molecule has 1 aromatic rings. The molecule has 114 valence electrons. The smallest absolute Gasteiger partial charge is 0.326 e. The van der Waals surface area contributed by atoms with E-state index in [1.54, 1.807) is 13.8 Å². The number of likely N-dealkylation sites (tertiary alicyclic amines) is 1. The van der Waals surface area contributed by atoms with Crippen molar-refractivity contribution in [1.29, 1.82) is 0 Å². The molecule has 0 aromatic carbocycles. The Hall–Kier alpha value is -2.18. The Morgan fingerprint density at radius 1 is 1.38 bits per heavy atom. The number of rotatable bonds is 2. The molecule has 2 heterocycles. The number of H-pyrrole nitrogens is 1. The Kier molecular flexibility index (Phi) is 4.11. The SMILES string of the molecule is Cc1n[nH]c(=O)c(C(=O)N2CCC(C)CC2C(=O)O)c1C. The highest BCUT2D eigenvalue weighted by Gasteiger charge is 2.36.